The molecule has 1 unspecified atom stereocenters. The van der Waals surface area contributed by atoms with Crippen molar-refractivity contribution in [2.24, 2.45) is 10.9 Å². The predicted octanol–water partition coefficient (Wildman–Crippen LogP) is 1.15. The molecule has 3 aliphatic heterocycles. The summed E-state index contributed by atoms with van der Waals surface area (Å²) in [5.41, 5.74) is -5.23. The molecule has 1 N–H and O–H groups in total. The minimum Gasteiger partial charge on any atom is -0.379 e. The molecule has 3 heterocycles. The van der Waals surface area contributed by atoms with Crippen molar-refractivity contribution in [3.8, 4) is 0 Å². The molecule has 3 fully saturated rings. The fourth-order valence-corrected chi connectivity index (χ4v) is 5.23. The second kappa shape index (κ2) is 11.0. The highest BCUT2D eigenvalue weighted by Crippen LogP contribution is 2.30. The Kier molecular flexibility index (Phi) is 9.46. The molecule has 3 saturated heterocycles. The lowest BCUT2D eigenvalue weighted by atomic mass is 9.98. The summed E-state index contributed by atoms with van der Waals surface area (Å²) in [5.74, 6) is 0.912. The smallest absolute Gasteiger partial charge is 0.379 e. The van der Waals surface area contributed by atoms with Gasteiger partial charge in [-0.2, -0.15) is 17.5 Å². The van der Waals surface area contributed by atoms with Gasteiger partial charge in [0, 0.05) is 58.9 Å². The largest absolute Gasteiger partial charge is 0.511 e. The van der Waals surface area contributed by atoms with Gasteiger partial charge in [-0.15, -0.1) is 24.0 Å². The van der Waals surface area contributed by atoms with E-state index in [4.69, 9.17) is 4.74 Å². The van der Waals surface area contributed by atoms with Crippen LogP contribution in [-0.4, -0.2) is 106 Å². The van der Waals surface area contributed by atoms with Gasteiger partial charge in [0.2, 0.25) is 0 Å². The average molecular weight is 569 g/mol. The van der Waals surface area contributed by atoms with Crippen molar-refractivity contribution >= 4 is 40.0 Å². The Morgan fingerprint density at radius 3 is 2.30 bits per heavy atom. The zero-order chi connectivity index (χ0) is 21.1. The summed E-state index contributed by atoms with van der Waals surface area (Å²) in [4.78, 5) is 9.02. The lowest BCUT2D eigenvalue weighted by Crippen LogP contribution is -2.48. The minimum atomic E-state index is -5.23. The first-order chi connectivity index (χ1) is 13.7. The molecule has 0 aromatic rings. The van der Waals surface area contributed by atoms with Crippen molar-refractivity contribution in [1.82, 2.24) is 19.4 Å². The number of alkyl halides is 3. The summed E-state index contributed by atoms with van der Waals surface area (Å²) < 4.78 is 67.0. The summed E-state index contributed by atoms with van der Waals surface area (Å²) >= 11 is 0. The van der Waals surface area contributed by atoms with Crippen LogP contribution in [0, 0.1) is 5.92 Å². The SMILES string of the molecule is CN=C(NCC1CCN(S(=O)(=O)C(F)(F)F)CC1)N1CCC(N2CCOCC2)C1.I. The van der Waals surface area contributed by atoms with Crippen LogP contribution in [0.3, 0.4) is 0 Å². The number of sulfonamides is 1. The first kappa shape index (κ1) is 25.9. The van der Waals surface area contributed by atoms with Crippen LogP contribution in [0.2, 0.25) is 0 Å². The highest BCUT2D eigenvalue weighted by Gasteiger charge is 2.50. The zero-order valence-electron chi connectivity index (χ0n) is 17.1. The molecule has 0 aromatic carbocycles. The predicted molar refractivity (Wildman–Crippen MR) is 118 cm³/mol. The second-order valence-corrected chi connectivity index (χ2v) is 9.69. The van der Waals surface area contributed by atoms with Crippen molar-refractivity contribution in [3.05, 3.63) is 0 Å². The van der Waals surface area contributed by atoms with Crippen LogP contribution in [0.25, 0.3) is 0 Å². The van der Waals surface area contributed by atoms with E-state index in [-0.39, 0.29) is 43.0 Å². The molecule has 0 saturated carbocycles. The molecule has 0 spiro atoms. The number of nitrogens with zero attached hydrogens (tertiary/aromatic N) is 4. The Balaban J connectivity index is 0.00000320. The second-order valence-electron chi connectivity index (χ2n) is 7.76. The number of morpholine rings is 1. The molecule has 3 rings (SSSR count). The average Bonchev–Trinajstić information content (AvgIpc) is 3.19. The van der Waals surface area contributed by atoms with Crippen molar-refractivity contribution in [2.45, 2.75) is 30.8 Å². The molecular formula is C17H31F3IN5O3S. The molecule has 0 aromatic heterocycles. The van der Waals surface area contributed by atoms with Gasteiger partial charge in [-0.05, 0) is 25.2 Å². The fourth-order valence-electron chi connectivity index (χ4n) is 4.24. The summed E-state index contributed by atoms with van der Waals surface area (Å²) in [6, 6.07) is 0.480. The van der Waals surface area contributed by atoms with Crippen molar-refractivity contribution < 1.29 is 26.3 Å². The van der Waals surface area contributed by atoms with E-state index in [1.54, 1.807) is 7.05 Å². The number of aliphatic imine (C=N–C) groups is 1. The summed E-state index contributed by atoms with van der Waals surface area (Å²) in [6.07, 6.45) is 1.86. The summed E-state index contributed by atoms with van der Waals surface area (Å²) in [6.45, 7) is 5.61. The van der Waals surface area contributed by atoms with Crippen LogP contribution >= 0.6 is 24.0 Å². The maximum atomic E-state index is 12.7. The topological polar surface area (TPSA) is 77.5 Å². The van der Waals surface area contributed by atoms with Crippen LogP contribution < -0.4 is 5.32 Å². The zero-order valence-corrected chi connectivity index (χ0v) is 20.3. The van der Waals surface area contributed by atoms with Crippen molar-refractivity contribution in [1.29, 1.82) is 0 Å². The van der Waals surface area contributed by atoms with Crippen LogP contribution in [-0.2, 0) is 14.8 Å². The third-order valence-corrected chi connectivity index (χ3v) is 7.62. The van der Waals surface area contributed by atoms with Crippen LogP contribution in [0.1, 0.15) is 19.3 Å². The van der Waals surface area contributed by atoms with E-state index in [2.05, 4.69) is 20.1 Å². The Hall–Kier alpha value is -0.380. The maximum Gasteiger partial charge on any atom is 0.511 e. The number of hydrogen-bond donors (Lipinski definition) is 1. The van der Waals surface area contributed by atoms with E-state index >= 15 is 0 Å². The molecule has 8 nitrogen and oxygen atoms in total. The molecule has 0 amide bonds. The summed E-state index contributed by atoms with van der Waals surface area (Å²) in [5, 5.41) is 3.33. The van der Waals surface area contributed by atoms with Crippen molar-refractivity contribution in [2.75, 3.05) is 66.1 Å². The molecule has 0 bridgehead atoms. The Bertz CT molecular complexity index is 681. The monoisotopic (exact) mass is 569 g/mol. The standard InChI is InChI=1S/C17H30F3N5O3S.HI/c1-21-16(24-5-4-15(13-24)23-8-10-28-11-9-23)22-12-14-2-6-25(7-3-14)29(26,27)17(18,19)20;/h14-15H,2-13H2,1H3,(H,21,22);1H. The lowest BCUT2D eigenvalue weighted by molar-refractivity contribution is -0.0496. The van der Waals surface area contributed by atoms with E-state index in [0.29, 0.717) is 29.7 Å². The Morgan fingerprint density at radius 1 is 1.10 bits per heavy atom. The van der Waals surface area contributed by atoms with E-state index in [1.807, 2.05) is 0 Å². The number of rotatable bonds is 4. The van der Waals surface area contributed by atoms with E-state index < -0.39 is 15.5 Å². The molecule has 0 aliphatic carbocycles. The van der Waals surface area contributed by atoms with Crippen LogP contribution in [0.5, 0.6) is 0 Å². The Labute approximate surface area is 193 Å². The number of hydrogen-bond acceptors (Lipinski definition) is 5. The summed E-state index contributed by atoms with van der Waals surface area (Å²) in [7, 11) is -3.50. The Morgan fingerprint density at radius 2 is 1.73 bits per heavy atom. The molecule has 3 aliphatic rings. The van der Waals surface area contributed by atoms with E-state index in [0.717, 1.165) is 51.8 Å². The van der Waals surface area contributed by atoms with E-state index in [1.165, 1.54) is 0 Å². The molecule has 0 radical (unpaired) electrons. The van der Waals surface area contributed by atoms with Crippen LogP contribution in [0.15, 0.2) is 4.99 Å². The number of piperidine rings is 1. The lowest BCUT2D eigenvalue weighted by Gasteiger charge is -2.33. The molecular weight excluding hydrogens is 538 g/mol. The molecule has 13 heteroatoms. The van der Waals surface area contributed by atoms with Gasteiger partial charge in [0.15, 0.2) is 5.96 Å². The number of nitrogens with one attached hydrogen (secondary N) is 1. The van der Waals surface area contributed by atoms with Gasteiger partial charge >= 0.3 is 15.5 Å². The van der Waals surface area contributed by atoms with E-state index in [9.17, 15) is 21.6 Å². The molecule has 30 heavy (non-hydrogen) atoms. The van der Waals surface area contributed by atoms with Gasteiger partial charge in [-0.3, -0.25) is 9.89 Å². The highest BCUT2D eigenvalue weighted by molar-refractivity contribution is 14.0. The third kappa shape index (κ3) is 6.11. The number of guanidine groups is 1. The van der Waals surface area contributed by atoms with Gasteiger partial charge in [-0.25, -0.2) is 8.42 Å². The first-order valence-electron chi connectivity index (χ1n) is 10.1. The minimum absolute atomic E-state index is 0. The maximum absolute atomic E-state index is 12.7. The third-order valence-electron chi connectivity index (χ3n) is 5.99. The van der Waals surface area contributed by atoms with Crippen molar-refractivity contribution in [3.63, 3.8) is 0 Å². The van der Waals surface area contributed by atoms with Gasteiger partial charge in [0.25, 0.3) is 0 Å². The quantitative estimate of drug-likeness (QED) is 0.311. The number of likely N-dealkylation sites (tertiary alicyclic amines) is 1. The van der Waals surface area contributed by atoms with Gasteiger partial charge < -0.3 is 15.0 Å². The van der Waals surface area contributed by atoms with Crippen LogP contribution in [0.4, 0.5) is 13.2 Å². The van der Waals surface area contributed by atoms with Gasteiger partial charge in [0.1, 0.15) is 0 Å². The molecule has 176 valence electrons. The first-order valence-corrected chi connectivity index (χ1v) is 11.5. The highest BCUT2D eigenvalue weighted by atomic mass is 127. The van der Waals surface area contributed by atoms with Gasteiger partial charge in [0.05, 0.1) is 13.2 Å². The molecule has 1 atom stereocenters. The normalized spacial score (nSPS) is 25.9. The number of halogens is 4. The van der Waals surface area contributed by atoms with Gasteiger partial charge in [-0.1, -0.05) is 0 Å². The fraction of sp³-hybridized carbons (Fsp3) is 0.941. The number of ether oxygens (including phenoxy) is 1.